The van der Waals surface area contributed by atoms with Gasteiger partial charge in [0.05, 0.1) is 24.2 Å². The van der Waals surface area contributed by atoms with Crippen molar-refractivity contribution in [2.75, 3.05) is 26.8 Å². The third-order valence-electron chi connectivity index (χ3n) is 4.71. The van der Waals surface area contributed by atoms with Crippen LogP contribution >= 0.6 is 0 Å². The molecular formula is C17H25N5O2. The maximum absolute atomic E-state index is 12.1. The van der Waals surface area contributed by atoms with Crippen LogP contribution in [0.25, 0.3) is 11.3 Å². The molecule has 1 fully saturated rings. The van der Waals surface area contributed by atoms with Crippen molar-refractivity contribution in [3.63, 3.8) is 0 Å². The lowest BCUT2D eigenvalue weighted by Gasteiger charge is -2.15. The van der Waals surface area contributed by atoms with Crippen LogP contribution in [-0.4, -0.2) is 57.4 Å². The van der Waals surface area contributed by atoms with Crippen molar-refractivity contribution >= 4 is 5.91 Å². The molecule has 3 rings (SSSR count). The van der Waals surface area contributed by atoms with Crippen molar-refractivity contribution in [3.8, 4) is 11.3 Å². The minimum Gasteiger partial charge on any atom is -0.383 e. The Balaban J connectivity index is 1.80. The van der Waals surface area contributed by atoms with Crippen molar-refractivity contribution < 1.29 is 9.53 Å². The van der Waals surface area contributed by atoms with Crippen molar-refractivity contribution in [1.29, 1.82) is 0 Å². The summed E-state index contributed by atoms with van der Waals surface area (Å²) in [7, 11) is 1.65. The number of aryl methyl sites for hydroxylation is 2. The van der Waals surface area contributed by atoms with Gasteiger partial charge in [0.25, 0.3) is 0 Å². The normalized spacial score (nSPS) is 17.9. The van der Waals surface area contributed by atoms with Gasteiger partial charge in [-0.05, 0) is 20.8 Å². The van der Waals surface area contributed by atoms with E-state index in [4.69, 9.17) is 4.74 Å². The van der Waals surface area contributed by atoms with Gasteiger partial charge in [-0.2, -0.15) is 5.10 Å². The van der Waals surface area contributed by atoms with Gasteiger partial charge >= 0.3 is 0 Å². The van der Waals surface area contributed by atoms with E-state index < -0.39 is 0 Å². The number of carbonyl (C=O) groups is 1. The molecule has 7 heteroatoms. The number of nitrogens with zero attached hydrogens (tertiary/aromatic N) is 4. The van der Waals surface area contributed by atoms with Gasteiger partial charge in [0, 0.05) is 50.3 Å². The summed E-state index contributed by atoms with van der Waals surface area (Å²) in [5.41, 5.74) is 4.21. The number of nitrogens with one attached hydrogen (secondary N) is 1. The molecule has 1 amide bonds. The second kappa shape index (κ2) is 6.76. The van der Waals surface area contributed by atoms with E-state index in [1.165, 1.54) is 0 Å². The first kappa shape index (κ1) is 16.7. The number of imidazole rings is 1. The SMILES string of the molecule is CCn1nc(C)c(-c2cnc(C3CC(=O)N(CCOC)C3)[nH]2)c1C. The maximum atomic E-state index is 12.1. The number of likely N-dealkylation sites (tertiary alicyclic amines) is 1. The van der Waals surface area contributed by atoms with Crippen LogP contribution in [0.1, 0.15) is 36.5 Å². The number of methoxy groups -OCH3 is 1. The van der Waals surface area contributed by atoms with Crippen LogP contribution in [0.15, 0.2) is 6.20 Å². The molecule has 0 saturated carbocycles. The van der Waals surface area contributed by atoms with Crippen LogP contribution in [0.4, 0.5) is 0 Å². The molecule has 2 aromatic heterocycles. The Kier molecular flexibility index (Phi) is 4.71. The summed E-state index contributed by atoms with van der Waals surface area (Å²) in [6, 6.07) is 0. The largest absolute Gasteiger partial charge is 0.383 e. The molecule has 1 saturated heterocycles. The predicted molar refractivity (Wildman–Crippen MR) is 90.8 cm³/mol. The summed E-state index contributed by atoms with van der Waals surface area (Å²) in [5.74, 6) is 1.16. The van der Waals surface area contributed by atoms with Gasteiger partial charge < -0.3 is 14.6 Å². The molecule has 1 N–H and O–H groups in total. The zero-order valence-corrected chi connectivity index (χ0v) is 14.8. The van der Waals surface area contributed by atoms with E-state index >= 15 is 0 Å². The van der Waals surface area contributed by atoms with Crippen LogP contribution in [0.5, 0.6) is 0 Å². The second-order valence-electron chi connectivity index (χ2n) is 6.28. The summed E-state index contributed by atoms with van der Waals surface area (Å²) >= 11 is 0. The molecule has 1 unspecified atom stereocenters. The van der Waals surface area contributed by atoms with Gasteiger partial charge in [0.1, 0.15) is 5.82 Å². The molecule has 130 valence electrons. The molecule has 1 atom stereocenters. The Morgan fingerprint density at radius 3 is 2.88 bits per heavy atom. The number of hydrogen-bond donors (Lipinski definition) is 1. The topological polar surface area (TPSA) is 76.0 Å². The van der Waals surface area contributed by atoms with E-state index in [1.807, 2.05) is 22.7 Å². The molecule has 0 spiro atoms. The van der Waals surface area contributed by atoms with Crippen molar-refractivity contribution in [2.45, 2.75) is 39.7 Å². The standard InChI is InChI=1S/C17H25N5O2/c1-5-22-12(3)16(11(2)20-22)14-9-18-17(19-14)13-8-15(23)21(10-13)6-7-24-4/h9,13H,5-8,10H2,1-4H3,(H,18,19). The van der Waals surface area contributed by atoms with E-state index in [0.29, 0.717) is 26.1 Å². The van der Waals surface area contributed by atoms with E-state index in [2.05, 4.69) is 28.9 Å². The van der Waals surface area contributed by atoms with Crippen molar-refractivity contribution in [1.82, 2.24) is 24.6 Å². The summed E-state index contributed by atoms with van der Waals surface area (Å²) < 4.78 is 7.06. The predicted octanol–water partition coefficient (Wildman–Crippen LogP) is 1.87. The molecule has 3 heterocycles. The second-order valence-corrected chi connectivity index (χ2v) is 6.28. The van der Waals surface area contributed by atoms with Gasteiger partial charge in [-0.1, -0.05) is 0 Å². The smallest absolute Gasteiger partial charge is 0.223 e. The minimum absolute atomic E-state index is 0.116. The van der Waals surface area contributed by atoms with E-state index in [9.17, 15) is 4.79 Å². The summed E-state index contributed by atoms with van der Waals surface area (Å²) in [5, 5.41) is 4.56. The molecule has 7 nitrogen and oxygen atoms in total. The molecule has 1 aliphatic heterocycles. The highest BCUT2D eigenvalue weighted by atomic mass is 16.5. The van der Waals surface area contributed by atoms with Gasteiger partial charge in [-0.15, -0.1) is 0 Å². The first-order chi connectivity index (χ1) is 11.5. The number of rotatable bonds is 6. The average Bonchev–Trinajstić information content (AvgIpc) is 3.23. The average molecular weight is 331 g/mol. The van der Waals surface area contributed by atoms with Gasteiger partial charge in [-0.25, -0.2) is 4.98 Å². The molecule has 0 aromatic carbocycles. The minimum atomic E-state index is 0.116. The number of carbonyl (C=O) groups excluding carboxylic acids is 1. The first-order valence-electron chi connectivity index (χ1n) is 8.41. The Morgan fingerprint density at radius 2 is 2.21 bits per heavy atom. The first-order valence-corrected chi connectivity index (χ1v) is 8.41. The van der Waals surface area contributed by atoms with E-state index in [-0.39, 0.29) is 11.8 Å². The summed E-state index contributed by atoms with van der Waals surface area (Å²) in [6.45, 7) is 8.92. The number of amides is 1. The molecule has 0 bridgehead atoms. The highest BCUT2D eigenvalue weighted by Crippen LogP contribution is 2.30. The Hall–Kier alpha value is -2.15. The van der Waals surface area contributed by atoms with Gasteiger partial charge in [0.15, 0.2) is 0 Å². The molecule has 0 radical (unpaired) electrons. The number of ether oxygens (including phenoxy) is 1. The Morgan fingerprint density at radius 1 is 1.42 bits per heavy atom. The van der Waals surface area contributed by atoms with E-state index in [1.54, 1.807) is 7.11 Å². The number of aromatic amines is 1. The lowest BCUT2D eigenvalue weighted by atomic mass is 10.1. The fourth-order valence-corrected chi connectivity index (χ4v) is 3.44. The summed E-state index contributed by atoms with van der Waals surface area (Å²) in [4.78, 5) is 21.9. The van der Waals surface area contributed by atoms with Crippen LogP contribution in [-0.2, 0) is 16.1 Å². The fraction of sp³-hybridized carbons (Fsp3) is 0.588. The molecular weight excluding hydrogens is 306 g/mol. The zero-order valence-electron chi connectivity index (χ0n) is 14.8. The maximum Gasteiger partial charge on any atom is 0.223 e. The van der Waals surface area contributed by atoms with Crippen LogP contribution in [0.3, 0.4) is 0 Å². The van der Waals surface area contributed by atoms with Crippen LogP contribution < -0.4 is 0 Å². The fourth-order valence-electron chi connectivity index (χ4n) is 3.44. The highest BCUT2D eigenvalue weighted by Gasteiger charge is 2.32. The van der Waals surface area contributed by atoms with Crippen LogP contribution in [0.2, 0.25) is 0 Å². The van der Waals surface area contributed by atoms with Crippen molar-refractivity contribution in [2.24, 2.45) is 0 Å². The number of H-pyrrole nitrogens is 1. The van der Waals surface area contributed by atoms with E-state index in [0.717, 1.165) is 35.0 Å². The quantitative estimate of drug-likeness (QED) is 0.877. The number of hydrogen-bond acceptors (Lipinski definition) is 4. The zero-order chi connectivity index (χ0) is 17.3. The molecule has 1 aliphatic rings. The van der Waals surface area contributed by atoms with Crippen molar-refractivity contribution in [3.05, 3.63) is 23.4 Å². The molecule has 2 aromatic rings. The molecule has 24 heavy (non-hydrogen) atoms. The third kappa shape index (κ3) is 2.96. The summed E-state index contributed by atoms with van der Waals surface area (Å²) in [6.07, 6.45) is 2.36. The Labute approximate surface area is 142 Å². The third-order valence-corrected chi connectivity index (χ3v) is 4.71. The molecule has 0 aliphatic carbocycles. The lowest BCUT2D eigenvalue weighted by molar-refractivity contribution is -0.128. The Bertz CT molecular complexity index is 733. The van der Waals surface area contributed by atoms with Gasteiger partial charge in [0.2, 0.25) is 5.91 Å². The van der Waals surface area contributed by atoms with Gasteiger partial charge in [-0.3, -0.25) is 9.48 Å². The van der Waals surface area contributed by atoms with Crippen LogP contribution in [0, 0.1) is 13.8 Å². The highest BCUT2D eigenvalue weighted by molar-refractivity contribution is 5.79. The lowest BCUT2D eigenvalue weighted by Crippen LogP contribution is -2.28. The monoisotopic (exact) mass is 331 g/mol. The number of aromatic nitrogens is 4.